The predicted octanol–water partition coefficient (Wildman–Crippen LogP) is 6.16. The minimum atomic E-state index is -3.10. The lowest BCUT2D eigenvalue weighted by Gasteiger charge is -2.14. The molecule has 6 nitrogen and oxygen atoms in total. The van der Waals surface area contributed by atoms with Gasteiger partial charge in [0.25, 0.3) is 12.9 Å². The molecule has 0 aliphatic carbocycles. The van der Waals surface area contributed by atoms with Crippen molar-refractivity contribution < 1.29 is 22.4 Å². The Hall–Kier alpha value is -2.30. The third-order valence-electron chi connectivity index (χ3n) is 4.28. The van der Waals surface area contributed by atoms with Crippen molar-refractivity contribution >= 4 is 46.5 Å². The van der Waals surface area contributed by atoms with Gasteiger partial charge >= 0.3 is 0 Å². The van der Waals surface area contributed by atoms with Gasteiger partial charge in [0.05, 0.1) is 6.54 Å². The second kappa shape index (κ2) is 9.46. The number of hydrogen-bond donors (Lipinski definition) is 1. The lowest BCUT2D eigenvalue weighted by atomic mass is 10.2. The summed E-state index contributed by atoms with van der Waals surface area (Å²) in [6.07, 6.45) is -4.72. The van der Waals surface area contributed by atoms with Crippen LogP contribution in [0.2, 0.25) is 15.1 Å². The first-order valence-electron chi connectivity index (χ1n) is 8.70. The number of amides is 1. The molecule has 0 bridgehead atoms. The van der Waals surface area contributed by atoms with E-state index >= 15 is 0 Å². The maximum atomic E-state index is 13.2. The highest BCUT2D eigenvalue weighted by Gasteiger charge is 2.27. The number of aromatic nitrogens is 4. The number of halogens is 7. The third-order valence-corrected chi connectivity index (χ3v) is 5.15. The van der Waals surface area contributed by atoms with Gasteiger partial charge in [-0.3, -0.25) is 14.2 Å². The summed E-state index contributed by atoms with van der Waals surface area (Å²) in [4.78, 5) is 12.5. The minimum absolute atomic E-state index is 0.0385. The molecule has 0 fully saturated rings. The molecule has 1 unspecified atom stereocenters. The van der Waals surface area contributed by atoms with Crippen LogP contribution in [-0.2, 0) is 11.3 Å². The zero-order valence-corrected chi connectivity index (χ0v) is 17.9. The molecule has 0 aliphatic heterocycles. The van der Waals surface area contributed by atoms with Gasteiger partial charge in [0.1, 0.15) is 22.5 Å². The van der Waals surface area contributed by atoms with Crippen LogP contribution in [0.4, 0.5) is 23.4 Å². The van der Waals surface area contributed by atoms with Crippen molar-refractivity contribution in [1.82, 2.24) is 19.6 Å². The summed E-state index contributed by atoms with van der Waals surface area (Å²) < 4.78 is 54.1. The fourth-order valence-corrected chi connectivity index (χ4v) is 3.39. The van der Waals surface area contributed by atoms with Gasteiger partial charge in [-0.05, 0) is 30.7 Å². The summed E-state index contributed by atoms with van der Waals surface area (Å²) in [6.45, 7) is 1.45. The normalized spacial score (nSPS) is 12.6. The molecule has 0 saturated heterocycles. The zero-order valence-electron chi connectivity index (χ0n) is 15.7. The third kappa shape index (κ3) is 5.31. The van der Waals surface area contributed by atoms with Crippen LogP contribution in [0.1, 0.15) is 42.8 Å². The lowest BCUT2D eigenvalue weighted by molar-refractivity contribution is -0.119. The molecule has 1 amide bonds. The van der Waals surface area contributed by atoms with E-state index in [2.05, 4.69) is 15.5 Å². The zero-order chi connectivity index (χ0) is 22.9. The number of rotatable bonds is 7. The van der Waals surface area contributed by atoms with E-state index in [9.17, 15) is 22.4 Å². The Bertz CT molecular complexity index is 1100. The topological polar surface area (TPSA) is 64.7 Å². The van der Waals surface area contributed by atoms with E-state index in [0.717, 1.165) is 0 Å². The van der Waals surface area contributed by atoms with Crippen molar-refractivity contribution in [1.29, 1.82) is 0 Å². The molecule has 3 aromatic rings. The van der Waals surface area contributed by atoms with Gasteiger partial charge in [-0.25, -0.2) is 17.6 Å². The molecule has 0 aliphatic rings. The molecule has 0 saturated carbocycles. The number of carbonyl (C=O) groups is 1. The van der Waals surface area contributed by atoms with Gasteiger partial charge < -0.3 is 5.32 Å². The Morgan fingerprint density at radius 3 is 2.39 bits per heavy atom. The second-order valence-electron chi connectivity index (χ2n) is 6.46. The first-order chi connectivity index (χ1) is 14.6. The molecule has 2 heterocycles. The van der Waals surface area contributed by atoms with Crippen LogP contribution in [0.5, 0.6) is 0 Å². The summed E-state index contributed by atoms with van der Waals surface area (Å²) >= 11 is 18.1. The highest BCUT2D eigenvalue weighted by molar-refractivity contribution is 6.35. The van der Waals surface area contributed by atoms with Crippen LogP contribution >= 0.6 is 34.8 Å². The molecule has 1 atom stereocenters. The van der Waals surface area contributed by atoms with E-state index in [1.54, 1.807) is 18.2 Å². The fraction of sp³-hybridized carbons (Fsp3) is 0.278. The molecule has 0 radical (unpaired) electrons. The molecule has 2 aromatic heterocycles. The van der Waals surface area contributed by atoms with Gasteiger partial charge in [0.2, 0.25) is 5.91 Å². The van der Waals surface area contributed by atoms with E-state index in [4.69, 9.17) is 34.8 Å². The summed E-state index contributed by atoms with van der Waals surface area (Å²) in [5.74, 6) is -0.856. The van der Waals surface area contributed by atoms with Crippen LogP contribution < -0.4 is 5.32 Å². The van der Waals surface area contributed by atoms with Crippen molar-refractivity contribution in [2.45, 2.75) is 32.4 Å². The maximum Gasteiger partial charge on any atom is 0.282 e. The van der Waals surface area contributed by atoms with Crippen LogP contribution in [0.15, 0.2) is 30.5 Å². The van der Waals surface area contributed by atoms with Gasteiger partial charge in [0, 0.05) is 16.2 Å². The van der Waals surface area contributed by atoms with E-state index in [0.29, 0.717) is 26.4 Å². The van der Waals surface area contributed by atoms with Crippen LogP contribution in [0.3, 0.4) is 0 Å². The Labute approximate surface area is 188 Å². The Kier molecular flexibility index (Phi) is 7.13. The van der Waals surface area contributed by atoms with Crippen molar-refractivity contribution in [3.05, 3.63) is 62.5 Å². The number of carbonyl (C=O) groups excluding carboxylic acids is 1. The molecule has 31 heavy (non-hydrogen) atoms. The number of anilines is 1. The summed E-state index contributed by atoms with van der Waals surface area (Å²) in [5, 5.41) is 10.9. The van der Waals surface area contributed by atoms with Crippen molar-refractivity contribution in [2.24, 2.45) is 0 Å². The number of alkyl halides is 4. The lowest BCUT2D eigenvalue weighted by Crippen LogP contribution is -2.26. The van der Waals surface area contributed by atoms with Crippen molar-refractivity contribution in [3.63, 3.8) is 0 Å². The van der Waals surface area contributed by atoms with E-state index in [-0.39, 0.29) is 17.4 Å². The minimum Gasteiger partial charge on any atom is -0.306 e. The van der Waals surface area contributed by atoms with Crippen LogP contribution in [0, 0.1) is 0 Å². The summed E-state index contributed by atoms with van der Waals surface area (Å²) in [5.41, 5.74) is -0.960. The molecule has 3 rings (SSSR count). The number of benzene rings is 1. The smallest absolute Gasteiger partial charge is 0.282 e. The first kappa shape index (κ1) is 23.4. The Morgan fingerprint density at radius 1 is 1.06 bits per heavy atom. The van der Waals surface area contributed by atoms with Gasteiger partial charge in [-0.1, -0.05) is 40.9 Å². The predicted molar refractivity (Wildman–Crippen MR) is 108 cm³/mol. The van der Waals surface area contributed by atoms with E-state index in [1.807, 2.05) is 0 Å². The molecular weight excluding hydrogens is 485 g/mol. The molecule has 1 aromatic carbocycles. The fourth-order valence-electron chi connectivity index (χ4n) is 2.73. The van der Waals surface area contributed by atoms with Gasteiger partial charge in [-0.15, -0.1) is 0 Å². The molecule has 13 heteroatoms. The van der Waals surface area contributed by atoms with E-state index < -0.39 is 36.2 Å². The number of nitrogens with one attached hydrogen (secondary N) is 1. The maximum absolute atomic E-state index is 13.2. The van der Waals surface area contributed by atoms with Crippen LogP contribution in [-0.4, -0.2) is 25.5 Å². The van der Waals surface area contributed by atoms with Crippen molar-refractivity contribution in [3.8, 4) is 0 Å². The highest BCUT2D eigenvalue weighted by Crippen LogP contribution is 2.29. The SMILES string of the molecule is CC(C(=O)Nc1nn(Cc2ccc(Cl)cc2Cl)cc1Cl)n1nc(C(F)F)cc1C(F)F. The van der Waals surface area contributed by atoms with Gasteiger partial charge in [-0.2, -0.15) is 10.2 Å². The molecule has 0 spiro atoms. The largest absolute Gasteiger partial charge is 0.306 e. The second-order valence-corrected chi connectivity index (χ2v) is 7.72. The quantitative estimate of drug-likeness (QED) is 0.397. The first-order valence-corrected chi connectivity index (χ1v) is 9.83. The molecular formula is C18H14Cl3F4N5O. The Morgan fingerprint density at radius 2 is 1.77 bits per heavy atom. The molecule has 166 valence electrons. The summed E-state index contributed by atoms with van der Waals surface area (Å²) in [6, 6.07) is 4.15. The average molecular weight is 499 g/mol. The number of hydrogen-bond acceptors (Lipinski definition) is 3. The Balaban J connectivity index is 1.78. The molecule has 1 N–H and O–H groups in total. The highest BCUT2D eigenvalue weighted by atomic mass is 35.5. The van der Waals surface area contributed by atoms with Crippen molar-refractivity contribution in [2.75, 3.05) is 5.32 Å². The van der Waals surface area contributed by atoms with Gasteiger partial charge in [0.15, 0.2) is 5.82 Å². The van der Waals surface area contributed by atoms with Crippen LogP contribution in [0.25, 0.3) is 0 Å². The standard InChI is InChI=1S/C18H14Cl3F4N5O/c1-8(30-14(16(24)25)5-13(27-30)15(22)23)18(31)26-17-12(21)7-29(28-17)6-9-2-3-10(19)4-11(9)20/h2-5,7-8,15-16H,6H2,1H3,(H,26,28,31). The van der Waals surface area contributed by atoms with E-state index in [1.165, 1.54) is 17.8 Å². The number of nitrogens with zero attached hydrogens (tertiary/aromatic N) is 4. The summed E-state index contributed by atoms with van der Waals surface area (Å²) in [7, 11) is 0. The monoisotopic (exact) mass is 497 g/mol. The average Bonchev–Trinajstić information content (AvgIpc) is 3.28.